The molecule has 0 aromatic heterocycles. The van der Waals surface area contributed by atoms with E-state index in [1.54, 1.807) is 0 Å². The minimum absolute atomic E-state index is 0. The molecule has 3 nitrogen and oxygen atoms in total. The average Bonchev–Trinajstić information content (AvgIpc) is 1.88. The van der Waals surface area contributed by atoms with E-state index in [9.17, 15) is 0 Å². The van der Waals surface area contributed by atoms with Crippen molar-refractivity contribution in [1.82, 2.24) is 10.2 Å². The van der Waals surface area contributed by atoms with Crippen molar-refractivity contribution in [2.24, 2.45) is 0 Å². The lowest BCUT2D eigenvalue weighted by molar-refractivity contribution is 0.190. The molecule has 1 aliphatic heterocycles. The lowest BCUT2D eigenvalue weighted by Gasteiger charge is -2.34. The Balaban J connectivity index is 0.000001000. The molecule has 0 amide bonds. The Morgan fingerprint density at radius 3 is 2.09 bits per heavy atom. The molecule has 0 saturated carbocycles. The van der Waals surface area contributed by atoms with Gasteiger partial charge in [0.1, 0.15) is 0 Å². The first-order chi connectivity index (χ1) is 4.75. The molecule has 1 aliphatic rings. The predicted molar refractivity (Wildman–Crippen MR) is 46.5 cm³/mol. The Kier molecular flexibility index (Phi) is 4.24. The van der Waals surface area contributed by atoms with Crippen molar-refractivity contribution >= 4 is 12.4 Å². The first-order valence-corrected chi connectivity index (χ1v) is 3.64. The summed E-state index contributed by atoms with van der Waals surface area (Å²) >= 11 is 0. The van der Waals surface area contributed by atoms with Crippen LogP contribution >= 0.6 is 12.4 Å². The van der Waals surface area contributed by atoms with Crippen molar-refractivity contribution in [1.29, 1.82) is 5.26 Å². The Morgan fingerprint density at radius 2 is 1.82 bits per heavy atom. The van der Waals surface area contributed by atoms with Crippen LogP contribution in [0.2, 0.25) is 0 Å². The second kappa shape index (κ2) is 4.42. The first-order valence-electron chi connectivity index (χ1n) is 3.64. The van der Waals surface area contributed by atoms with Gasteiger partial charge in [-0.05, 0) is 13.8 Å². The SMILES string of the molecule is C[C@@H]1CNC[C@H](C)N1C#N.Cl. The Morgan fingerprint density at radius 1 is 1.36 bits per heavy atom. The van der Waals surface area contributed by atoms with E-state index in [4.69, 9.17) is 5.26 Å². The Labute approximate surface area is 73.8 Å². The van der Waals surface area contributed by atoms with Gasteiger partial charge in [-0.1, -0.05) is 0 Å². The molecular weight excluding hydrogens is 162 g/mol. The normalized spacial score (nSPS) is 30.5. The Bertz CT molecular complexity index is 144. The van der Waals surface area contributed by atoms with Crippen molar-refractivity contribution in [2.75, 3.05) is 13.1 Å². The highest BCUT2D eigenvalue weighted by molar-refractivity contribution is 5.85. The second-order valence-electron chi connectivity index (χ2n) is 2.86. The molecule has 0 unspecified atom stereocenters. The smallest absolute Gasteiger partial charge is 0.179 e. The summed E-state index contributed by atoms with van der Waals surface area (Å²) in [7, 11) is 0. The van der Waals surface area contributed by atoms with Crippen LogP contribution in [0.4, 0.5) is 0 Å². The summed E-state index contributed by atoms with van der Waals surface area (Å²) in [6, 6.07) is 0.711. The summed E-state index contributed by atoms with van der Waals surface area (Å²) in [6.07, 6.45) is 2.20. The number of hydrogen-bond donors (Lipinski definition) is 1. The van der Waals surface area contributed by atoms with Gasteiger partial charge in [0.25, 0.3) is 0 Å². The molecule has 2 atom stereocenters. The van der Waals surface area contributed by atoms with E-state index in [2.05, 4.69) is 25.4 Å². The molecule has 0 bridgehead atoms. The van der Waals surface area contributed by atoms with Crippen LogP contribution in [0.5, 0.6) is 0 Å². The highest BCUT2D eigenvalue weighted by atomic mass is 35.5. The fraction of sp³-hybridized carbons (Fsp3) is 0.857. The zero-order valence-corrected chi connectivity index (χ0v) is 7.69. The van der Waals surface area contributed by atoms with Crippen molar-refractivity contribution < 1.29 is 0 Å². The minimum atomic E-state index is 0. The highest BCUT2D eigenvalue weighted by Crippen LogP contribution is 2.06. The summed E-state index contributed by atoms with van der Waals surface area (Å²) < 4.78 is 0. The van der Waals surface area contributed by atoms with Gasteiger partial charge >= 0.3 is 0 Å². The van der Waals surface area contributed by atoms with Gasteiger partial charge < -0.3 is 10.2 Å². The lowest BCUT2D eigenvalue weighted by Crippen LogP contribution is -2.52. The van der Waals surface area contributed by atoms with Crippen LogP contribution in [0, 0.1) is 11.5 Å². The van der Waals surface area contributed by atoms with Crippen LogP contribution in [0.1, 0.15) is 13.8 Å². The largest absolute Gasteiger partial charge is 0.313 e. The fourth-order valence-corrected chi connectivity index (χ4v) is 1.33. The minimum Gasteiger partial charge on any atom is -0.313 e. The summed E-state index contributed by atoms with van der Waals surface area (Å²) in [6.45, 7) is 5.98. The predicted octanol–water partition coefficient (Wildman–Crippen LogP) is 0.571. The van der Waals surface area contributed by atoms with Gasteiger partial charge in [-0.3, -0.25) is 0 Å². The third-order valence-corrected chi connectivity index (χ3v) is 1.94. The average molecular weight is 176 g/mol. The van der Waals surface area contributed by atoms with Crippen LogP contribution in [0.3, 0.4) is 0 Å². The monoisotopic (exact) mass is 175 g/mol. The van der Waals surface area contributed by atoms with E-state index in [-0.39, 0.29) is 12.4 Å². The lowest BCUT2D eigenvalue weighted by atomic mass is 10.1. The van der Waals surface area contributed by atoms with Crippen molar-refractivity contribution in [3.63, 3.8) is 0 Å². The number of nitriles is 1. The molecular formula is C7H14ClN3. The molecule has 1 fully saturated rings. The maximum atomic E-state index is 8.68. The zero-order chi connectivity index (χ0) is 7.56. The van der Waals surface area contributed by atoms with Crippen LogP contribution in [-0.4, -0.2) is 30.1 Å². The molecule has 0 aliphatic carbocycles. The molecule has 1 N–H and O–H groups in total. The van der Waals surface area contributed by atoms with Crippen molar-refractivity contribution in [3.8, 4) is 6.19 Å². The number of piperazine rings is 1. The molecule has 4 heteroatoms. The van der Waals surface area contributed by atoms with E-state index in [0.29, 0.717) is 12.1 Å². The summed E-state index contributed by atoms with van der Waals surface area (Å²) in [5.74, 6) is 0. The van der Waals surface area contributed by atoms with Gasteiger partial charge in [0.05, 0.1) is 0 Å². The summed E-state index contributed by atoms with van der Waals surface area (Å²) in [5.41, 5.74) is 0. The zero-order valence-electron chi connectivity index (χ0n) is 6.87. The summed E-state index contributed by atoms with van der Waals surface area (Å²) in [5, 5.41) is 11.9. The van der Waals surface area contributed by atoms with Gasteiger partial charge in [-0.15, -0.1) is 12.4 Å². The molecule has 11 heavy (non-hydrogen) atoms. The molecule has 0 spiro atoms. The van der Waals surface area contributed by atoms with E-state index >= 15 is 0 Å². The van der Waals surface area contributed by atoms with Crippen LogP contribution < -0.4 is 5.32 Å². The van der Waals surface area contributed by atoms with E-state index in [1.807, 2.05) is 4.90 Å². The van der Waals surface area contributed by atoms with Gasteiger partial charge in [-0.25, -0.2) is 0 Å². The highest BCUT2D eigenvalue weighted by Gasteiger charge is 2.22. The van der Waals surface area contributed by atoms with Crippen molar-refractivity contribution in [3.05, 3.63) is 0 Å². The van der Waals surface area contributed by atoms with Gasteiger partial charge in [0.2, 0.25) is 0 Å². The maximum Gasteiger partial charge on any atom is 0.179 e. The van der Waals surface area contributed by atoms with E-state index < -0.39 is 0 Å². The van der Waals surface area contributed by atoms with Gasteiger partial charge in [-0.2, -0.15) is 5.26 Å². The van der Waals surface area contributed by atoms with Crippen molar-refractivity contribution in [2.45, 2.75) is 25.9 Å². The third-order valence-electron chi connectivity index (χ3n) is 1.94. The Hall–Kier alpha value is -0.460. The van der Waals surface area contributed by atoms with Gasteiger partial charge in [0, 0.05) is 25.2 Å². The molecule has 1 rings (SSSR count). The standard InChI is InChI=1S/C7H13N3.ClH/c1-6-3-9-4-7(2)10(6)5-8;/h6-7,9H,3-4H2,1-2H3;1H/t6-,7+;. The molecule has 0 radical (unpaired) electrons. The van der Waals surface area contributed by atoms with Crippen LogP contribution in [-0.2, 0) is 0 Å². The molecule has 1 heterocycles. The second-order valence-corrected chi connectivity index (χ2v) is 2.86. The number of hydrogen-bond acceptors (Lipinski definition) is 3. The fourth-order valence-electron chi connectivity index (χ4n) is 1.33. The van der Waals surface area contributed by atoms with Crippen LogP contribution in [0.25, 0.3) is 0 Å². The number of nitrogens with zero attached hydrogens (tertiary/aromatic N) is 2. The van der Waals surface area contributed by atoms with Crippen LogP contribution in [0.15, 0.2) is 0 Å². The number of halogens is 1. The molecule has 0 aromatic rings. The number of rotatable bonds is 0. The molecule has 0 aromatic carbocycles. The van der Waals surface area contributed by atoms with E-state index in [0.717, 1.165) is 13.1 Å². The van der Waals surface area contributed by atoms with Gasteiger partial charge in [0.15, 0.2) is 6.19 Å². The van der Waals surface area contributed by atoms with E-state index in [1.165, 1.54) is 0 Å². The molecule has 64 valence electrons. The third kappa shape index (κ3) is 2.25. The number of nitrogens with one attached hydrogen (secondary N) is 1. The first kappa shape index (κ1) is 10.5. The topological polar surface area (TPSA) is 39.1 Å². The quantitative estimate of drug-likeness (QED) is 0.548. The molecule has 1 saturated heterocycles. The summed E-state index contributed by atoms with van der Waals surface area (Å²) in [4.78, 5) is 1.84. The maximum absolute atomic E-state index is 8.68.